The highest BCUT2D eigenvalue weighted by Crippen LogP contribution is 2.14. The van der Waals surface area contributed by atoms with Gasteiger partial charge in [0.15, 0.2) is 21.6 Å². The second-order valence-corrected chi connectivity index (χ2v) is 9.14. The predicted octanol–water partition coefficient (Wildman–Crippen LogP) is 1.16. The van der Waals surface area contributed by atoms with Gasteiger partial charge in [0.2, 0.25) is 5.91 Å². The molecule has 0 aromatic carbocycles. The van der Waals surface area contributed by atoms with E-state index >= 15 is 0 Å². The predicted molar refractivity (Wildman–Crippen MR) is 119 cm³/mol. The third kappa shape index (κ3) is 8.33. The number of hydrogen-bond donors (Lipinski definition) is 3. The first kappa shape index (κ1) is 24.7. The molecule has 9 nitrogen and oxygen atoms in total. The second kappa shape index (κ2) is 11.6. The first-order valence-corrected chi connectivity index (χ1v) is 11.1. The highest BCUT2D eigenvalue weighted by atomic mass is 127. The molecule has 0 aliphatic carbocycles. The van der Waals surface area contributed by atoms with E-state index in [1.165, 1.54) is 0 Å². The molecule has 1 atom stereocenters. The lowest BCUT2D eigenvalue weighted by Gasteiger charge is -2.13. The van der Waals surface area contributed by atoms with Crippen LogP contribution in [-0.2, 0) is 21.2 Å². The summed E-state index contributed by atoms with van der Waals surface area (Å²) in [4.78, 5) is 16.4. The molecule has 1 fully saturated rings. The number of sulfone groups is 1. The molecule has 28 heavy (non-hydrogen) atoms. The second-order valence-electron chi connectivity index (χ2n) is 6.91. The molecule has 1 unspecified atom stereocenters. The summed E-state index contributed by atoms with van der Waals surface area (Å²) in [7, 11) is -2.99. The molecule has 1 aliphatic rings. The van der Waals surface area contributed by atoms with Crippen LogP contribution in [0.1, 0.15) is 51.0 Å². The molecular weight excluding hydrogens is 497 g/mol. The number of aromatic nitrogens is 1. The van der Waals surface area contributed by atoms with E-state index in [0.29, 0.717) is 43.7 Å². The third-order valence-corrected chi connectivity index (χ3v) is 5.92. The monoisotopic (exact) mass is 527 g/mol. The van der Waals surface area contributed by atoms with Crippen molar-refractivity contribution in [2.45, 2.75) is 52.1 Å². The van der Waals surface area contributed by atoms with Crippen molar-refractivity contribution >= 4 is 45.7 Å². The number of amides is 1. The Morgan fingerprint density at radius 2 is 2.14 bits per heavy atom. The maximum Gasteiger partial charge on any atom is 0.222 e. The van der Waals surface area contributed by atoms with Gasteiger partial charge in [0.25, 0.3) is 0 Å². The molecule has 160 valence electrons. The Bertz CT molecular complexity index is 763. The maximum absolute atomic E-state index is 12.0. The smallest absolute Gasteiger partial charge is 0.222 e. The zero-order valence-electron chi connectivity index (χ0n) is 16.5. The van der Waals surface area contributed by atoms with Gasteiger partial charge < -0.3 is 20.5 Å². The quantitative estimate of drug-likeness (QED) is 0.263. The van der Waals surface area contributed by atoms with Gasteiger partial charge >= 0.3 is 0 Å². The average Bonchev–Trinajstić information content (AvgIpc) is 3.19. The Balaban J connectivity index is 0.00000392. The Hall–Kier alpha value is -1.37. The number of halogens is 1. The summed E-state index contributed by atoms with van der Waals surface area (Å²) in [6, 6.07) is 1.62. The number of rotatable bonds is 8. The van der Waals surface area contributed by atoms with Crippen molar-refractivity contribution in [2.75, 3.05) is 24.6 Å². The summed E-state index contributed by atoms with van der Waals surface area (Å²) in [5, 5.41) is 13.0. The van der Waals surface area contributed by atoms with Gasteiger partial charge in [-0.1, -0.05) is 19.0 Å². The number of guanidine groups is 1. The van der Waals surface area contributed by atoms with Gasteiger partial charge in [-0.05, 0) is 19.3 Å². The van der Waals surface area contributed by atoms with E-state index < -0.39 is 9.84 Å². The lowest BCUT2D eigenvalue weighted by atomic mass is 10.1. The number of nitrogens with one attached hydrogen (secondary N) is 3. The van der Waals surface area contributed by atoms with E-state index in [1.54, 1.807) is 0 Å². The number of hydrogen-bond acceptors (Lipinski definition) is 6. The molecule has 1 amide bonds. The minimum atomic E-state index is -2.99. The molecular formula is C17H30IN5O4S. The fourth-order valence-corrected chi connectivity index (χ4v) is 4.35. The van der Waals surface area contributed by atoms with Gasteiger partial charge in [0, 0.05) is 31.6 Å². The number of carbonyl (C=O) groups is 1. The zero-order valence-corrected chi connectivity index (χ0v) is 19.7. The molecule has 0 saturated carbocycles. The standard InChI is InChI=1S/C17H29N5O4S.HI/c1-4-18-17(20-10-14-9-15(12(2)3)22-26-14)19-7-5-16(23)21-13-6-8-27(24,25)11-13;/h9,12-13H,4-8,10-11H2,1-3H3,(H,21,23)(H2,18,19,20);1H. The third-order valence-electron chi connectivity index (χ3n) is 4.15. The summed E-state index contributed by atoms with van der Waals surface area (Å²) < 4.78 is 28.1. The minimum absolute atomic E-state index is 0. The first-order valence-electron chi connectivity index (χ1n) is 9.26. The minimum Gasteiger partial charge on any atom is -0.359 e. The topological polar surface area (TPSA) is 126 Å². The van der Waals surface area contributed by atoms with E-state index in [9.17, 15) is 13.2 Å². The number of carbonyl (C=O) groups excluding carboxylic acids is 1. The molecule has 2 heterocycles. The van der Waals surface area contributed by atoms with E-state index in [1.807, 2.05) is 26.8 Å². The van der Waals surface area contributed by atoms with Crippen LogP contribution < -0.4 is 16.0 Å². The van der Waals surface area contributed by atoms with Crippen LogP contribution in [0.5, 0.6) is 0 Å². The van der Waals surface area contributed by atoms with E-state index in [4.69, 9.17) is 4.52 Å². The summed E-state index contributed by atoms with van der Waals surface area (Å²) in [5.41, 5.74) is 0.892. The van der Waals surface area contributed by atoms with Crippen LogP contribution in [-0.4, -0.2) is 56.1 Å². The van der Waals surface area contributed by atoms with Crippen LogP contribution in [0.3, 0.4) is 0 Å². The van der Waals surface area contributed by atoms with Gasteiger partial charge in [0.1, 0.15) is 6.54 Å². The van der Waals surface area contributed by atoms with Gasteiger partial charge in [-0.3, -0.25) is 4.79 Å². The molecule has 1 saturated heterocycles. The molecule has 11 heteroatoms. The van der Waals surface area contributed by atoms with E-state index in [-0.39, 0.29) is 53.9 Å². The lowest BCUT2D eigenvalue weighted by Crippen LogP contribution is -2.41. The Labute approximate surface area is 183 Å². The highest BCUT2D eigenvalue weighted by Gasteiger charge is 2.28. The van der Waals surface area contributed by atoms with Crippen molar-refractivity contribution in [3.63, 3.8) is 0 Å². The lowest BCUT2D eigenvalue weighted by molar-refractivity contribution is -0.121. The summed E-state index contributed by atoms with van der Waals surface area (Å²) in [6.45, 7) is 7.47. The first-order chi connectivity index (χ1) is 12.8. The fourth-order valence-electron chi connectivity index (χ4n) is 2.68. The summed E-state index contributed by atoms with van der Waals surface area (Å²) in [6.07, 6.45) is 0.724. The van der Waals surface area contributed by atoms with Crippen molar-refractivity contribution in [1.82, 2.24) is 21.1 Å². The SMILES string of the molecule is CCNC(=NCc1cc(C(C)C)no1)NCCC(=O)NC1CCS(=O)(=O)C1.I. The van der Waals surface area contributed by atoms with Gasteiger partial charge in [-0.2, -0.15) is 0 Å². The molecule has 0 spiro atoms. The average molecular weight is 527 g/mol. The molecule has 2 rings (SSSR count). The van der Waals surface area contributed by atoms with Crippen molar-refractivity contribution in [3.05, 3.63) is 17.5 Å². The van der Waals surface area contributed by atoms with Crippen LogP contribution in [0.2, 0.25) is 0 Å². The van der Waals surface area contributed by atoms with Gasteiger partial charge in [-0.25, -0.2) is 13.4 Å². The molecule has 0 bridgehead atoms. The van der Waals surface area contributed by atoms with E-state index in [0.717, 1.165) is 5.69 Å². The maximum atomic E-state index is 12.0. The van der Waals surface area contributed by atoms with Crippen molar-refractivity contribution in [2.24, 2.45) is 4.99 Å². The summed E-state index contributed by atoms with van der Waals surface area (Å²) >= 11 is 0. The van der Waals surface area contributed by atoms with Crippen molar-refractivity contribution in [3.8, 4) is 0 Å². The van der Waals surface area contributed by atoms with Gasteiger partial charge in [0.05, 0.1) is 17.2 Å². The van der Waals surface area contributed by atoms with Crippen LogP contribution in [0.25, 0.3) is 0 Å². The normalized spacial score (nSPS) is 18.6. The molecule has 1 aliphatic heterocycles. The van der Waals surface area contributed by atoms with Crippen LogP contribution >= 0.6 is 24.0 Å². The summed E-state index contributed by atoms with van der Waals surface area (Å²) in [5.74, 6) is 1.56. The van der Waals surface area contributed by atoms with Crippen LogP contribution in [0, 0.1) is 0 Å². The molecule has 3 N–H and O–H groups in total. The Kier molecular flexibility index (Phi) is 10.2. The molecule has 1 aromatic heterocycles. The van der Waals surface area contributed by atoms with Crippen molar-refractivity contribution < 1.29 is 17.7 Å². The fraction of sp³-hybridized carbons (Fsp3) is 0.706. The zero-order chi connectivity index (χ0) is 19.9. The van der Waals surface area contributed by atoms with Crippen LogP contribution in [0.4, 0.5) is 0 Å². The number of nitrogens with zero attached hydrogens (tertiary/aromatic N) is 2. The Morgan fingerprint density at radius 3 is 2.71 bits per heavy atom. The largest absolute Gasteiger partial charge is 0.359 e. The van der Waals surface area contributed by atoms with Gasteiger partial charge in [-0.15, -0.1) is 24.0 Å². The molecule has 0 radical (unpaired) electrons. The van der Waals surface area contributed by atoms with E-state index in [2.05, 4.69) is 26.1 Å². The molecule has 1 aromatic rings. The number of aliphatic imine (C=N–C) groups is 1. The highest BCUT2D eigenvalue weighted by molar-refractivity contribution is 14.0. The van der Waals surface area contributed by atoms with Crippen molar-refractivity contribution in [1.29, 1.82) is 0 Å². The van der Waals surface area contributed by atoms with Crippen LogP contribution in [0.15, 0.2) is 15.6 Å². The Morgan fingerprint density at radius 1 is 1.39 bits per heavy atom.